The number of hydrogen-bond acceptors (Lipinski definition) is 5. The Bertz CT molecular complexity index is 769. The van der Waals surface area contributed by atoms with Gasteiger partial charge in [0.15, 0.2) is 0 Å². The lowest BCUT2D eigenvalue weighted by molar-refractivity contribution is -0.143. The van der Waals surface area contributed by atoms with Crippen LogP contribution in [-0.2, 0) is 4.79 Å². The van der Waals surface area contributed by atoms with Crippen LogP contribution in [0.5, 0.6) is 0 Å². The fourth-order valence-electron chi connectivity index (χ4n) is 2.23. The van der Waals surface area contributed by atoms with Crippen molar-refractivity contribution in [3.63, 3.8) is 0 Å². The van der Waals surface area contributed by atoms with Crippen LogP contribution < -0.4 is 10.6 Å². The standard InChI is InChI=1S/C18H22N4O3/c1-5-18(4,16(24)25)22-15(23)13-6-8-14(9-7-13)21-17-19-11(2)10-12(3)20-17/h6-10H,5H2,1-4H3,(H,22,23)(H,24,25)(H,19,20,21). The van der Waals surface area contributed by atoms with Gasteiger partial charge in [-0.05, 0) is 57.5 Å². The molecule has 1 amide bonds. The van der Waals surface area contributed by atoms with Gasteiger partial charge in [-0.15, -0.1) is 0 Å². The minimum atomic E-state index is -1.29. The number of anilines is 2. The van der Waals surface area contributed by atoms with E-state index in [0.717, 1.165) is 17.1 Å². The summed E-state index contributed by atoms with van der Waals surface area (Å²) in [5.41, 5.74) is 1.55. The molecular weight excluding hydrogens is 320 g/mol. The SMILES string of the molecule is CCC(C)(NC(=O)c1ccc(Nc2nc(C)cc(C)n2)cc1)C(=O)O. The molecule has 0 aliphatic carbocycles. The first kappa shape index (κ1) is 18.4. The first-order valence-corrected chi connectivity index (χ1v) is 7.99. The molecule has 0 fully saturated rings. The molecule has 0 aliphatic heterocycles. The van der Waals surface area contributed by atoms with E-state index in [1.807, 2.05) is 19.9 Å². The van der Waals surface area contributed by atoms with Gasteiger partial charge in [0.05, 0.1) is 0 Å². The number of carbonyl (C=O) groups excluding carboxylic acids is 1. The minimum Gasteiger partial charge on any atom is -0.480 e. The van der Waals surface area contributed by atoms with Gasteiger partial charge in [-0.2, -0.15) is 0 Å². The molecule has 7 nitrogen and oxygen atoms in total. The van der Waals surface area contributed by atoms with E-state index in [4.69, 9.17) is 0 Å². The van der Waals surface area contributed by atoms with E-state index < -0.39 is 17.4 Å². The number of carboxylic acids is 1. The molecular formula is C18H22N4O3. The van der Waals surface area contributed by atoms with Crippen molar-refractivity contribution < 1.29 is 14.7 Å². The van der Waals surface area contributed by atoms with Gasteiger partial charge in [0.25, 0.3) is 5.91 Å². The van der Waals surface area contributed by atoms with E-state index >= 15 is 0 Å². The quantitative estimate of drug-likeness (QED) is 0.746. The van der Waals surface area contributed by atoms with Gasteiger partial charge in [-0.25, -0.2) is 14.8 Å². The molecule has 0 saturated carbocycles. The van der Waals surface area contributed by atoms with Crippen LogP contribution >= 0.6 is 0 Å². The Morgan fingerprint density at radius 2 is 1.68 bits per heavy atom. The molecule has 2 aromatic rings. The Hall–Kier alpha value is -2.96. The first-order chi connectivity index (χ1) is 11.7. The van der Waals surface area contributed by atoms with Crippen LogP contribution in [0.1, 0.15) is 42.0 Å². The number of carbonyl (C=O) groups is 2. The number of carboxylic acid groups (broad SMARTS) is 1. The smallest absolute Gasteiger partial charge is 0.329 e. The molecule has 0 saturated heterocycles. The molecule has 1 unspecified atom stereocenters. The van der Waals surface area contributed by atoms with Gasteiger partial charge in [-0.3, -0.25) is 4.79 Å². The van der Waals surface area contributed by atoms with Crippen LogP contribution in [-0.4, -0.2) is 32.5 Å². The van der Waals surface area contributed by atoms with Gasteiger partial charge in [-0.1, -0.05) is 6.92 Å². The molecule has 0 spiro atoms. The molecule has 1 atom stereocenters. The van der Waals surface area contributed by atoms with E-state index in [-0.39, 0.29) is 6.42 Å². The average molecular weight is 342 g/mol. The highest BCUT2D eigenvalue weighted by Gasteiger charge is 2.32. The van der Waals surface area contributed by atoms with Crippen molar-refractivity contribution in [2.75, 3.05) is 5.32 Å². The van der Waals surface area contributed by atoms with Gasteiger partial charge >= 0.3 is 5.97 Å². The van der Waals surface area contributed by atoms with Crippen molar-refractivity contribution >= 4 is 23.5 Å². The highest BCUT2D eigenvalue weighted by molar-refractivity contribution is 5.98. The topological polar surface area (TPSA) is 104 Å². The van der Waals surface area contributed by atoms with Crippen molar-refractivity contribution in [3.05, 3.63) is 47.3 Å². The first-order valence-electron chi connectivity index (χ1n) is 7.99. The lowest BCUT2D eigenvalue weighted by Crippen LogP contribution is -2.51. The fraction of sp³-hybridized carbons (Fsp3) is 0.333. The predicted octanol–water partition coefficient (Wildman–Crippen LogP) is 2.82. The lowest BCUT2D eigenvalue weighted by atomic mass is 9.98. The van der Waals surface area contributed by atoms with Crippen molar-refractivity contribution in [2.45, 2.75) is 39.7 Å². The Morgan fingerprint density at radius 3 is 2.16 bits per heavy atom. The minimum absolute atomic E-state index is 0.289. The van der Waals surface area contributed by atoms with Gasteiger partial charge in [0, 0.05) is 22.6 Å². The predicted molar refractivity (Wildman–Crippen MR) is 95.0 cm³/mol. The molecule has 1 aromatic carbocycles. The summed E-state index contributed by atoms with van der Waals surface area (Å²) in [6.07, 6.45) is 0.289. The van der Waals surface area contributed by atoms with Gasteiger partial charge in [0.2, 0.25) is 5.95 Å². The molecule has 0 radical (unpaired) electrons. The molecule has 132 valence electrons. The summed E-state index contributed by atoms with van der Waals surface area (Å²) in [4.78, 5) is 32.2. The lowest BCUT2D eigenvalue weighted by Gasteiger charge is -2.24. The maximum absolute atomic E-state index is 12.3. The van der Waals surface area contributed by atoms with E-state index in [0.29, 0.717) is 11.5 Å². The van der Waals surface area contributed by atoms with E-state index in [1.165, 1.54) is 6.92 Å². The number of hydrogen-bond donors (Lipinski definition) is 3. The third-order valence-electron chi connectivity index (χ3n) is 3.95. The zero-order valence-electron chi connectivity index (χ0n) is 14.8. The molecule has 1 aromatic heterocycles. The number of aliphatic carboxylic acids is 1. The van der Waals surface area contributed by atoms with Crippen LogP contribution in [0.4, 0.5) is 11.6 Å². The van der Waals surface area contributed by atoms with Crippen LogP contribution in [0.15, 0.2) is 30.3 Å². The summed E-state index contributed by atoms with van der Waals surface area (Å²) in [5, 5.41) is 14.9. The van der Waals surface area contributed by atoms with Gasteiger partial charge < -0.3 is 15.7 Å². The third-order valence-corrected chi connectivity index (χ3v) is 3.95. The highest BCUT2D eigenvalue weighted by Crippen LogP contribution is 2.16. The van der Waals surface area contributed by atoms with E-state index in [2.05, 4.69) is 20.6 Å². The molecule has 0 bridgehead atoms. The summed E-state index contributed by atoms with van der Waals surface area (Å²) in [5.74, 6) is -1.01. The largest absolute Gasteiger partial charge is 0.480 e. The maximum Gasteiger partial charge on any atom is 0.329 e. The second-order valence-corrected chi connectivity index (χ2v) is 6.12. The molecule has 7 heteroatoms. The number of nitrogens with zero attached hydrogens (tertiary/aromatic N) is 2. The Morgan fingerprint density at radius 1 is 1.12 bits per heavy atom. The second kappa shape index (κ2) is 7.29. The maximum atomic E-state index is 12.3. The number of rotatable bonds is 6. The van der Waals surface area contributed by atoms with Gasteiger partial charge in [0.1, 0.15) is 5.54 Å². The van der Waals surface area contributed by atoms with Crippen LogP contribution in [0.3, 0.4) is 0 Å². The highest BCUT2D eigenvalue weighted by atomic mass is 16.4. The van der Waals surface area contributed by atoms with E-state index in [1.54, 1.807) is 31.2 Å². The van der Waals surface area contributed by atoms with Crippen molar-refractivity contribution in [1.82, 2.24) is 15.3 Å². The molecule has 1 heterocycles. The molecule has 3 N–H and O–H groups in total. The van der Waals surface area contributed by atoms with Crippen molar-refractivity contribution in [1.29, 1.82) is 0 Å². The Balaban J connectivity index is 2.11. The van der Waals surface area contributed by atoms with Crippen molar-refractivity contribution in [3.8, 4) is 0 Å². The number of nitrogens with one attached hydrogen (secondary N) is 2. The van der Waals surface area contributed by atoms with Crippen LogP contribution in [0.2, 0.25) is 0 Å². The summed E-state index contributed by atoms with van der Waals surface area (Å²) in [7, 11) is 0. The van der Waals surface area contributed by atoms with Crippen LogP contribution in [0.25, 0.3) is 0 Å². The number of aromatic nitrogens is 2. The molecule has 0 aliphatic rings. The van der Waals surface area contributed by atoms with E-state index in [9.17, 15) is 14.7 Å². The molecule has 25 heavy (non-hydrogen) atoms. The Kier molecular flexibility index (Phi) is 5.36. The third kappa shape index (κ3) is 4.53. The zero-order valence-corrected chi connectivity index (χ0v) is 14.8. The summed E-state index contributed by atoms with van der Waals surface area (Å²) < 4.78 is 0. The second-order valence-electron chi connectivity index (χ2n) is 6.12. The van der Waals surface area contributed by atoms with Crippen molar-refractivity contribution in [2.24, 2.45) is 0 Å². The average Bonchev–Trinajstić information content (AvgIpc) is 2.54. The monoisotopic (exact) mass is 342 g/mol. The Labute approximate surface area is 146 Å². The number of aryl methyl sites for hydroxylation is 2. The number of amides is 1. The molecule has 2 rings (SSSR count). The zero-order chi connectivity index (χ0) is 18.6. The van der Waals surface area contributed by atoms with Crippen LogP contribution in [0, 0.1) is 13.8 Å². The summed E-state index contributed by atoms with van der Waals surface area (Å²) >= 11 is 0. The summed E-state index contributed by atoms with van der Waals surface area (Å²) in [6, 6.07) is 8.57. The summed E-state index contributed by atoms with van der Waals surface area (Å²) in [6.45, 7) is 6.98. The number of benzene rings is 1. The fourth-order valence-corrected chi connectivity index (χ4v) is 2.23. The normalized spacial score (nSPS) is 13.0.